The van der Waals surface area contributed by atoms with Crippen molar-refractivity contribution in [2.75, 3.05) is 6.54 Å². The van der Waals surface area contributed by atoms with Crippen LogP contribution in [0.25, 0.3) is 11.3 Å². The Balaban J connectivity index is 2.11. The van der Waals surface area contributed by atoms with Crippen LogP contribution >= 0.6 is 11.3 Å². The number of non-ortho nitro benzene ring substituents is 1. The minimum Gasteiger partial charge on any atom is -0.258 e. The van der Waals surface area contributed by atoms with Gasteiger partial charge in [0.05, 0.1) is 17.2 Å². The normalized spacial score (nSPS) is 14.8. The number of rotatable bonds is 5. The van der Waals surface area contributed by atoms with E-state index >= 15 is 0 Å². The smallest absolute Gasteiger partial charge is 0.258 e. The summed E-state index contributed by atoms with van der Waals surface area (Å²) in [7, 11) is 0. The number of nitro benzene ring substituents is 1. The number of nitro groups is 1. The SMILES string of the molecule is C=C(C)CN=c1scc(-c2cccc([N+](=O)[O-])c2)n1N=C1CCCC1. The van der Waals surface area contributed by atoms with Crippen LogP contribution in [0.3, 0.4) is 0 Å². The van der Waals surface area contributed by atoms with Gasteiger partial charge in [-0.25, -0.2) is 4.68 Å². The fourth-order valence-corrected chi connectivity index (χ4v) is 3.54. The molecule has 25 heavy (non-hydrogen) atoms. The number of aromatic nitrogens is 1. The highest BCUT2D eigenvalue weighted by atomic mass is 32.1. The number of benzene rings is 1. The Labute approximate surface area is 150 Å². The summed E-state index contributed by atoms with van der Waals surface area (Å²) < 4.78 is 1.83. The topological polar surface area (TPSA) is 72.8 Å². The second kappa shape index (κ2) is 7.57. The van der Waals surface area contributed by atoms with Gasteiger partial charge in [-0.1, -0.05) is 24.3 Å². The van der Waals surface area contributed by atoms with E-state index in [9.17, 15) is 10.1 Å². The Hall–Kier alpha value is -2.54. The van der Waals surface area contributed by atoms with Crippen LogP contribution < -0.4 is 4.80 Å². The van der Waals surface area contributed by atoms with Crippen molar-refractivity contribution >= 4 is 22.7 Å². The minimum absolute atomic E-state index is 0.0733. The highest BCUT2D eigenvalue weighted by molar-refractivity contribution is 7.07. The monoisotopic (exact) mass is 356 g/mol. The molecular formula is C18H20N4O2S. The van der Waals surface area contributed by atoms with Gasteiger partial charge in [-0.15, -0.1) is 11.3 Å². The van der Waals surface area contributed by atoms with Gasteiger partial charge in [-0.05, 0) is 32.6 Å². The first-order chi connectivity index (χ1) is 12.0. The van der Waals surface area contributed by atoms with E-state index in [-0.39, 0.29) is 10.6 Å². The first-order valence-corrected chi connectivity index (χ1v) is 9.09. The molecule has 1 aliphatic rings. The van der Waals surface area contributed by atoms with Crippen LogP contribution in [-0.2, 0) is 0 Å². The summed E-state index contributed by atoms with van der Waals surface area (Å²) in [4.78, 5) is 16.1. The van der Waals surface area contributed by atoms with E-state index in [1.807, 2.05) is 23.0 Å². The molecule has 1 aromatic carbocycles. The molecular weight excluding hydrogens is 336 g/mol. The third kappa shape index (κ3) is 4.11. The zero-order chi connectivity index (χ0) is 17.8. The van der Waals surface area contributed by atoms with Crippen molar-refractivity contribution in [3.8, 4) is 11.3 Å². The quantitative estimate of drug-likeness (QED) is 0.453. The predicted octanol–water partition coefficient (Wildman–Crippen LogP) is 4.38. The van der Waals surface area contributed by atoms with Crippen LogP contribution in [0.2, 0.25) is 0 Å². The van der Waals surface area contributed by atoms with Gasteiger partial charge in [-0.2, -0.15) is 5.10 Å². The first-order valence-electron chi connectivity index (χ1n) is 8.21. The molecule has 0 amide bonds. The molecule has 2 aromatic rings. The van der Waals surface area contributed by atoms with Crippen molar-refractivity contribution in [1.82, 2.24) is 4.68 Å². The fraction of sp³-hybridized carbons (Fsp3) is 0.333. The lowest BCUT2D eigenvalue weighted by Crippen LogP contribution is -2.14. The predicted molar refractivity (Wildman–Crippen MR) is 101 cm³/mol. The van der Waals surface area contributed by atoms with E-state index in [1.54, 1.807) is 12.1 Å². The van der Waals surface area contributed by atoms with Crippen LogP contribution in [0.5, 0.6) is 0 Å². The third-order valence-electron chi connectivity index (χ3n) is 3.94. The van der Waals surface area contributed by atoms with Crippen molar-refractivity contribution in [3.63, 3.8) is 0 Å². The lowest BCUT2D eigenvalue weighted by molar-refractivity contribution is -0.384. The Morgan fingerprint density at radius 1 is 1.40 bits per heavy atom. The second-order valence-electron chi connectivity index (χ2n) is 6.17. The van der Waals surface area contributed by atoms with Crippen LogP contribution in [0.15, 0.2) is 51.9 Å². The number of nitrogens with zero attached hydrogens (tertiary/aromatic N) is 4. The number of hydrogen-bond donors (Lipinski definition) is 0. The van der Waals surface area contributed by atoms with Crippen molar-refractivity contribution < 1.29 is 4.92 Å². The van der Waals surface area contributed by atoms with Crippen molar-refractivity contribution in [2.45, 2.75) is 32.6 Å². The fourth-order valence-electron chi connectivity index (χ4n) is 2.71. The summed E-state index contributed by atoms with van der Waals surface area (Å²) in [5, 5.41) is 17.8. The zero-order valence-electron chi connectivity index (χ0n) is 14.1. The van der Waals surface area contributed by atoms with Crippen molar-refractivity contribution in [3.05, 3.63) is 56.7 Å². The Kier molecular flexibility index (Phi) is 5.23. The second-order valence-corrected chi connectivity index (χ2v) is 7.01. The van der Waals surface area contributed by atoms with Gasteiger partial charge in [0.1, 0.15) is 0 Å². The molecule has 0 aliphatic heterocycles. The van der Waals surface area contributed by atoms with Crippen LogP contribution in [-0.4, -0.2) is 21.9 Å². The van der Waals surface area contributed by atoms with Crippen LogP contribution in [0.4, 0.5) is 5.69 Å². The molecule has 1 aromatic heterocycles. The zero-order valence-corrected chi connectivity index (χ0v) is 15.0. The molecule has 7 heteroatoms. The minimum atomic E-state index is -0.380. The number of hydrogen-bond acceptors (Lipinski definition) is 5. The van der Waals surface area contributed by atoms with E-state index < -0.39 is 0 Å². The maximum atomic E-state index is 11.1. The average molecular weight is 356 g/mol. The number of thiazole rings is 1. The third-order valence-corrected chi connectivity index (χ3v) is 4.80. The maximum absolute atomic E-state index is 11.1. The molecule has 130 valence electrons. The molecule has 1 saturated carbocycles. The molecule has 1 aliphatic carbocycles. The molecule has 0 radical (unpaired) electrons. The Bertz CT molecular complexity index is 900. The molecule has 0 bridgehead atoms. The highest BCUT2D eigenvalue weighted by Crippen LogP contribution is 2.25. The van der Waals surface area contributed by atoms with E-state index in [4.69, 9.17) is 5.10 Å². The molecule has 1 heterocycles. The molecule has 3 rings (SSSR count). The summed E-state index contributed by atoms with van der Waals surface area (Å²) >= 11 is 1.49. The lowest BCUT2D eigenvalue weighted by atomic mass is 10.1. The van der Waals surface area contributed by atoms with Crippen molar-refractivity contribution in [1.29, 1.82) is 0 Å². The van der Waals surface area contributed by atoms with Gasteiger partial charge in [-0.3, -0.25) is 15.1 Å². The van der Waals surface area contributed by atoms with E-state index in [2.05, 4.69) is 11.6 Å². The van der Waals surface area contributed by atoms with Gasteiger partial charge in [0.2, 0.25) is 4.80 Å². The van der Waals surface area contributed by atoms with Crippen molar-refractivity contribution in [2.24, 2.45) is 10.1 Å². The van der Waals surface area contributed by atoms with E-state index in [0.717, 1.165) is 53.0 Å². The van der Waals surface area contributed by atoms with Gasteiger partial charge in [0.25, 0.3) is 5.69 Å². The first kappa shape index (κ1) is 17.3. The Morgan fingerprint density at radius 2 is 2.16 bits per heavy atom. The van der Waals surface area contributed by atoms with E-state index in [1.165, 1.54) is 17.4 Å². The van der Waals surface area contributed by atoms with Crippen LogP contribution in [0, 0.1) is 10.1 Å². The standard InChI is InChI=1S/C18H20N4O2S/c1-13(2)11-19-18-21(20-15-7-3-4-8-15)17(12-25-18)14-6-5-9-16(10-14)22(23)24/h5-6,9-10,12H,1,3-4,7-8,11H2,2H3. The van der Waals surface area contributed by atoms with Gasteiger partial charge < -0.3 is 0 Å². The molecule has 0 spiro atoms. The largest absolute Gasteiger partial charge is 0.270 e. The molecule has 1 fully saturated rings. The summed E-state index contributed by atoms with van der Waals surface area (Å²) in [6.07, 6.45) is 4.32. The summed E-state index contributed by atoms with van der Waals surface area (Å²) in [5.41, 5.74) is 3.80. The van der Waals surface area contributed by atoms with Gasteiger partial charge in [0.15, 0.2) is 0 Å². The molecule has 0 saturated heterocycles. The average Bonchev–Trinajstić information content (AvgIpc) is 3.23. The summed E-state index contributed by atoms with van der Waals surface area (Å²) in [5.74, 6) is 0. The highest BCUT2D eigenvalue weighted by Gasteiger charge is 2.14. The van der Waals surface area contributed by atoms with E-state index in [0.29, 0.717) is 6.54 Å². The molecule has 0 unspecified atom stereocenters. The van der Waals surface area contributed by atoms with Crippen LogP contribution in [0.1, 0.15) is 32.6 Å². The van der Waals surface area contributed by atoms with Gasteiger partial charge in [0, 0.05) is 28.8 Å². The molecule has 0 atom stereocenters. The Morgan fingerprint density at radius 3 is 2.84 bits per heavy atom. The summed E-state index contributed by atoms with van der Waals surface area (Å²) in [6, 6.07) is 6.64. The summed E-state index contributed by atoms with van der Waals surface area (Å²) in [6.45, 7) is 6.37. The van der Waals surface area contributed by atoms with Gasteiger partial charge >= 0.3 is 0 Å². The maximum Gasteiger partial charge on any atom is 0.270 e. The lowest BCUT2D eigenvalue weighted by Gasteiger charge is -2.05. The molecule has 6 nitrogen and oxygen atoms in total. The molecule has 0 N–H and O–H groups in total.